The van der Waals surface area contributed by atoms with Gasteiger partial charge >= 0.3 is 0 Å². The van der Waals surface area contributed by atoms with E-state index in [1.54, 1.807) is 24.4 Å². The number of nitrogens with one attached hydrogen (secondary N) is 1. The van der Waals surface area contributed by atoms with E-state index < -0.39 is 5.82 Å². The first-order chi connectivity index (χ1) is 9.70. The van der Waals surface area contributed by atoms with Crippen molar-refractivity contribution < 1.29 is 9.13 Å². The number of nitrogens with zero attached hydrogens (tertiary/aromatic N) is 1. The molecule has 0 aliphatic heterocycles. The Labute approximate surface area is 126 Å². The Kier molecular flexibility index (Phi) is 5.49. The van der Waals surface area contributed by atoms with Gasteiger partial charge in [-0.3, -0.25) is 0 Å². The third-order valence-corrected chi connectivity index (χ3v) is 3.18. The monoisotopic (exact) mass is 338 g/mol. The summed E-state index contributed by atoms with van der Waals surface area (Å²) in [5.74, 6) is 0.124. The zero-order valence-electron chi connectivity index (χ0n) is 11.2. The summed E-state index contributed by atoms with van der Waals surface area (Å²) in [6.07, 6.45) is 2.56. The predicted molar refractivity (Wildman–Crippen MR) is 80.4 cm³/mol. The molecule has 2 aromatic rings. The fourth-order valence-corrected chi connectivity index (χ4v) is 2.09. The van der Waals surface area contributed by atoms with Crippen LogP contribution in [0.4, 0.5) is 4.39 Å². The molecule has 0 amide bonds. The van der Waals surface area contributed by atoms with E-state index in [1.807, 2.05) is 12.1 Å². The summed E-state index contributed by atoms with van der Waals surface area (Å²) in [4.78, 5) is 3.95. The number of ether oxygens (including phenoxy) is 1. The highest BCUT2D eigenvalue weighted by molar-refractivity contribution is 9.10. The van der Waals surface area contributed by atoms with Crippen LogP contribution in [0.1, 0.15) is 18.9 Å². The van der Waals surface area contributed by atoms with Gasteiger partial charge in [0.05, 0.1) is 0 Å². The number of hydrogen-bond acceptors (Lipinski definition) is 3. The van der Waals surface area contributed by atoms with Crippen LogP contribution in [0.5, 0.6) is 11.6 Å². The van der Waals surface area contributed by atoms with Crippen molar-refractivity contribution in [2.24, 2.45) is 0 Å². The maximum atomic E-state index is 14.2. The molecule has 1 N–H and O–H groups in total. The van der Waals surface area contributed by atoms with Gasteiger partial charge in [0.2, 0.25) is 0 Å². The molecule has 0 aliphatic carbocycles. The molecule has 5 heteroatoms. The summed E-state index contributed by atoms with van der Waals surface area (Å²) < 4.78 is 20.6. The number of benzene rings is 1. The molecule has 106 valence electrons. The average molecular weight is 339 g/mol. The number of pyridine rings is 1. The van der Waals surface area contributed by atoms with E-state index in [4.69, 9.17) is 4.74 Å². The third kappa shape index (κ3) is 4.02. The molecule has 0 fully saturated rings. The van der Waals surface area contributed by atoms with Crippen molar-refractivity contribution in [3.8, 4) is 11.6 Å². The molecule has 0 saturated carbocycles. The lowest BCUT2D eigenvalue weighted by Crippen LogP contribution is -2.15. The Morgan fingerprint density at radius 2 is 2.20 bits per heavy atom. The van der Waals surface area contributed by atoms with Crippen molar-refractivity contribution in [2.75, 3.05) is 6.54 Å². The van der Waals surface area contributed by atoms with Crippen LogP contribution in [-0.2, 0) is 6.54 Å². The lowest BCUT2D eigenvalue weighted by Gasteiger charge is -2.09. The van der Waals surface area contributed by atoms with Crippen molar-refractivity contribution >= 4 is 15.9 Å². The third-order valence-electron chi connectivity index (χ3n) is 2.69. The van der Waals surface area contributed by atoms with Crippen LogP contribution in [0.25, 0.3) is 0 Å². The zero-order valence-corrected chi connectivity index (χ0v) is 12.8. The lowest BCUT2D eigenvalue weighted by molar-refractivity contribution is 0.417. The number of aromatic nitrogens is 1. The number of halogens is 2. The van der Waals surface area contributed by atoms with Crippen LogP contribution in [0.15, 0.2) is 41.0 Å². The second kappa shape index (κ2) is 7.36. The Morgan fingerprint density at radius 1 is 1.35 bits per heavy atom. The summed E-state index contributed by atoms with van der Waals surface area (Å²) >= 11 is 3.35. The quantitative estimate of drug-likeness (QED) is 0.798. The van der Waals surface area contributed by atoms with Gasteiger partial charge in [-0.25, -0.2) is 9.37 Å². The molecule has 1 aromatic carbocycles. The molecule has 0 spiro atoms. The summed E-state index contributed by atoms with van der Waals surface area (Å²) in [5.41, 5.74) is 0.554. The minimum atomic E-state index is -0.420. The van der Waals surface area contributed by atoms with E-state index >= 15 is 0 Å². The van der Waals surface area contributed by atoms with Crippen molar-refractivity contribution in [1.82, 2.24) is 10.3 Å². The summed E-state index contributed by atoms with van der Waals surface area (Å²) in [6, 6.07) is 8.88. The molecule has 3 nitrogen and oxygen atoms in total. The van der Waals surface area contributed by atoms with Crippen LogP contribution in [0.3, 0.4) is 0 Å². The fourth-order valence-electron chi connectivity index (χ4n) is 1.71. The number of rotatable bonds is 6. The molecule has 0 saturated heterocycles. The summed E-state index contributed by atoms with van der Waals surface area (Å²) in [7, 11) is 0. The molecular formula is C15H16BrFN2O. The Morgan fingerprint density at radius 3 is 2.95 bits per heavy atom. The standard InChI is InChI=1S/C15H16BrFN2O/c1-2-7-18-10-11-6-8-19-15(14(11)17)20-13-5-3-4-12(16)9-13/h3-6,8-9,18H,2,7,10H2,1H3. The van der Waals surface area contributed by atoms with Gasteiger partial charge in [0.1, 0.15) is 5.75 Å². The fraction of sp³-hybridized carbons (Fsp3) is 0.267. The molecule has 0 bridgehead atoms. The highest BCUT2D eigenvalue weighted by atomic mass is 79.9. The highest BCUT2D eigenvalue weighted by Crippen LogP contribution is 2.26. The maximum absolute atomic E-state index is 14.2. The van der Waals surface area contributed by atoms with Crippen molar-refractivity contribution in [3.63, 3.8) is 0 Å². The lowest BCUT2D eigenvalue weighted by atomic mass is 10.2. The minimum Gasteiger partial charge on any atom is -0.436 e. The van der Waals surface area contributed by atoms with Gasteiger partial charge in [0, 0.05) is 22.8 Å². The Balaban J connectivity index is 2.14. The second-order valence-corrected chi connectivity index (χ2v) is 5.24. The molecule has 0 atom stereocenters. The summed E-state index contributed by atoms with van der Waals surface area (Å²) in [5, 5.41) is 3.16. The van der Waals surface area contributed by atoms with Gasteiger partial charge in [0.15, 0.2) is 5.82 Å². The second-order valence-electron chi connectivity index (χ2n) is 4.33. The van der Waals surface area contributed by atoms with E-state index in [2.05, 4.69) is 33.2 Å². The Bertz CT molecular complexity index is 578. The maximum Gasteiger partial charge on any atom is 0.256 e. The normalized spacial score (nSPS) is 10.6. The van der Waals surface area contributed by atoms with Gasteiger partial charge in [-0.2, -0.15) is 0 Å². The first kappa shape index (κ1) is 14.9. The van der Waals surface area contributed by atoms with Crippen molar-refractivity contribution in [2.45, 2.75) is 19.9 Å². The van der Waals surface area contributed by atoms with Gasteiger partial charge in [-0.15, -0.1) is 0 Å². The predicted octanol–water partition coefficient (Wildman–Crippen LogP) is 4.28. The molecular weight excluding hydrogens is 323 g/mol. The van der Waals surface area contributed by atoms with Gasteiger partial charge in [-0.05, 0) is 37.2 Å². The minimum absolute atomic E-state index is 0.00102. The van der Waals surface area contributed by atoms with E-state index in [0.29, 0.717) is 17.9 Å². The number of hydrogen-bond donors (Lipinski definition) is 1. The van der Waals surface area contributed by atoms with Gasteiger partial charge < -0.3 is 10.1 Å². The smallest absolute Gasteiger partial charge is 0.256 e. The molecule has 0 aliphatic rings. The van der Waals surface area contributed by atoms with Crippen LogP contribution >= 0.6 is 15.9 Å². The summed E-state index contributed by atoms with van der Waals surface area (Å²) in [6.45, 7) is 3.39. The largest absolute Gasteiger partial charge is 0.436 e. The zero-order chi connectivity index (χ0) is 14.4. The van der Waals surface area contributed by atoms with Crippen LogP contribution in [0, 0.1) is 5.82 Å². The van der Waals surface area contributed by atoms with E-state index in [-0.39, 0.29) is 5.88 Å². The SMILES string of the molecule is CCCNCc1ccnc(Oc2cccc(Br)c2)c1F. The topological polar surface area (TPSA) is 34.2 Å². The molecule has 1 aromatic heterocycles. The Hall–Kier alpha value is -1.46. The molecule has 20 heavy (non-hydrogen) atoms. The van der Waals surface area contributed by atoms with E-state index in [9.17, 15) is 4.39 Å². The van der Waals surface area contributed by atoms with Crippen molar-refractivity contribution in [3.05, 3.63) is 52.4 Å². The van der Waals surface area contributed by atoms with E-state index in [1.165, 1.54) is 0 Å². The van der Waals surface area contributed by atoms with Crippen LogP contribution < -0.4 is 10.1 Å². The first-order valence-corrected chi connectivity index (χ1v) is 7.27. The average Bonchev–Trinajstić information content (AvgIpc) is 2.43. The molecule has 0 unspecified atom stereocenters. The van der Waals surface area contributed by atoms with Crippen LogP contribution in [-0.4, -0.2) is 11.5 Å². The highest BCUT2D eigenvalue weighted by Gasteiger charge is 2.11. The molecule has 1 heterocycles. The van der Waals surface area contributed by atoms with Crippen molar-refractivity contribution in [1.29, 1.82) is 0 Å². The van der Waals surface area contributed by atoms with Gasteiger partial charge in [0.25, 0.3) is 5.88 Å². The first-order valence-electron chi connectivity index (χ1n) is 6.48. The molecule has 2 rings (SSSR count). The van der Waals surface area contributed by atoms with Gasteiger partial charge in [-0.1, -0.05) is 28.9 Å². The van der Waals surface area contributed by atoms with Crippen LogP contribution in [0.2, 0.25) is 0 Å². The molecule has 0 radical (unpaired) electrons. The van der Waals surface area contributed by atoms with E-state index in [0.717, 1.165) is 17.4 Å².